The molecule has 0 aromatic heterocycles. The molecule has 1 aromatic rings. The normalized spacial score (nSPS) is 12.4. The Morgan fingerprint density at radius 1 is 1.33 bits per heavy atom. The number of benzene rings is 1. The predicted molar refractivity (Wildman–Crippen MR) is 41.5 cm³/mol. The summed E-state index contributed by atoms with van der Waals surface area (Å²) >= 11 is 0. The number of rotatable bonds is 4. The van der Waals surface area contributed by atoms with E-state index in [0.717, 1.165) is 0 Å². The maximum atomic E-state index is 10.3. The average Bonchev–Trinajstić information content (AvgIpc) is 2.15. The zero-order valence-electron chi connectivity index (χ0n) is 6.40. The zero-order valence-corrected chi connectivity index (χ0v) is 6.40. The van der Waals surface area contributed by atoms with E-state index < -0.39 is 12.9 Å². The van der Waals surface area contributed by atoms with Crippen molar-refractivity contribution in [2.45, 2.75) is 6.10 Å². The van der Waals surface area contributed by atoms with E-state index in [2.05, 4.69) is 4.74 Å². The molecule has 1 aromatic carbocycles. The molecule has 0 saturated carbocycles. The molecule has 0 fully saturated rings. The van der Waals surface area contributed by atoms with Gasteiger partial charge in [0.05, 0.1) is 0 Å². The molecule has 0 amide bonds. The van der Waals surface area contributed by atoms with Gasteiger partial charge in [-0.05, 0) is 5.56 Å². The lowest BCUT2D eigenvalue weighted by Crippen LogP contribution is -2.05. The molecule has 2 radical (unpaired) electrons. The minimum atomic E-state index is -0.844. The molecular weight excluding hydrogens is 156 g/mol. The molecule has 0 spiro atoms. The Labute approximate surface area is 70.6 Å². The van der Waals surface area contributed by atoms with Crippen LogP contribution in [0.2, 0.25) is 0 Å². The van der Waals surface area contributed by atoms with Crippen molar-refractivity contribution < 1.29 is 14.6 Å². The average molecular weight is 164 g/mol. The van der Waals surface area contributed by atoms with Crippen molar-refractivity contribution in [3.05, 3.63) is 35.9 Å². The lowest BCUT2D eigenvalue weighted by atomic mass is 10.1. The molecule has 1 unspecified atom stereocenters. The molecular formula is C9H8O3. The van der Waals surface area contributed by atoms with Crippen molar-refractivity contribution in [3.63, 3.8) is 0 Å². The lowest BCUT2D eigenvalue weighted by molar-refractivity contribution is -0.0633. The second-order valence-electron chi connectivity index (χ2n) is 2.19. The molecule has 3 heteroatoms. The molecule has 0 bridgehead atoms. The van der Waals surface area contributed by atoms with E-state index in [-0.39, 0.29) is 0 Å². The number of carbonyl (C=O) groups excluding carboxylic acids is 1. The van der Waals surface area contributed by atoms with E-state index in [4.69, 9.17) is 0 Å². The van der Waals surface area contributed by atoms with E-state index in [1.807, 2.05) is 6.07 Å². The number of ether oxygens (including phenoxy) is 1. The van der Waals surface area contributed by atoms with Gasteiger partial charge in [-0.25, -0.2) is 5.11 Å². The quantitative estimate of drug-likeness (QED) is 0.628. The molecule has 62 valence electrons. The highest BCUT2D eigenvalue weighted by Crippen LogP contribution is 2.13. The maximum Gasteiger partial charge on any atom is 0.234 e. The standard InChI is InChI=1S/C9H8O3/c10-6-9(12-7-11)8-4-2-1-3-5-8/h1-5,9H,7H2. The van der Waals surface area contributed by atoms with Gasteiger partial charge in [-0.1, -0.05) is 30.3 Å². The summed E-state index contributed by atoms with van der Waals surface area (Å²) in [4.78, 5) is 10.3. The van der Waals surface area contributed by atoms with Gasteiger partial charge in [-0.2, -0.15) is 0 Å². The highest BCUT2D eigenvalue weighted by Gasteiger charge is 2.09. The van der Waals surface area contributed by atoms with Crippen LogP contribution in [0.5, 0.6) is 0 Å². The SMILES string of the molecule is [O]COC([C]=O)c1ccccc1. The number of hydrogen-bond donors (Lipinski definition) is 0. The molecule has 0 heterocycles. The van der Waals surface area contributed by atoms with Gasteiger partial charge in [0.25, 0.3) is 0 Å². The van der Waals surface area contributed by atoms with Crippen LogP contribution >= 0.6 is 0 Å². The fourth-order valence-corrected chi connectivity index (χ4v) is 0.894. The first kappa shape index (κ1) is 8.90. The molecule has 3 nitrogen and oxygen atoms in total. The molecule has 0 saturated heterocycles. The smallest absolute Gasteiger partial charge is 0.234 e. The van der Waals surface area contributed by atoms with Gasteiger partial charge in [0.15, 0.2) is 12.9 Å². The van der Waals surface area contributed by atoms with Gasteiger partial charge < -0.3 is 4.74 Å². The second-order valence-corrected chi connectivity index (χ2v) is 2.19. The van der Waals surface area contributed by atoms with Gasteiger partial charge in [-0.15, -0.1) is 0 Å². The molecule has 0 aliphatic carbocycles. The van der Waals surface area contributed by atoms with Crippen LogP contribution in [0.3, 0.4) is 0 Å². The van der Waals surface area contributed by atoms with E-state index in [9.17, 15) is 9.90 Å². The third kappa shape index (κ3) is 2.15. The Morgan fingerprint density at radius 3 is 2.50 bits per heavy atom. The molecule has 0 aliphatic heterocycles. The first-order valence-corrected chi connectivity index (χ1v) is 3.51. The lowest BCUT2D eigenvalue weighted by Gasteiger charge is -2.07. The van der Waals surface area contributed by atoms with E-state index in [1.165, 1.54) is 0 Å². The summed E-state index contributed by atoms with van der Waals surface area (Å²) in [6.45, 7) is -0.727. The van der Waals surface area contributed by atoms with Crippen LogP contribution in [0.25, 0.3) is 0 Å². The highest BCUT2D eigenvalue weighted by molar-refractivity contribution is 5.60. The second kappa shape index (κ2) is 4.64. The number of hydrogen-bond acceptors (Lipinski definition) is 2. The Bertz CT molecular complexity index is 233. The first-order chi connectivity index (χ1) is 5.88. The largest absolute Gasteiger partial charge is 0.336 e. The summed E-state index contributed by atoms with van der Waals surface area (Å²) in [7, 11) is 0. The maximum absolute atomic E-state index is 10.3. The topological polar surface area (TPSA) is 46.2 Å². The molecule has 12 heavy (non-hydrogen) atoms. The summed E-state index contributed by atoms with van der Waals surface area (Å²) in [6, 6.07) is 8.79. The Balaban J connectivity index is 2.73. The van der Waals surface area contributed by atoms with Crippen molar-refractivity contribution in [2.24, 2.45) is 0 Å². The van der Waals surface area contributed by atoms with Crippen LogP contribution in [-0.2, 0) is 14.6 Å². The summed E-state index contributed by atoms with van der Waals surface area (Å²) in [5.41, 5.74) is 0.656. The molecule has 1 atom stereocenters. The predicted octanol–water partition coefficient (Wildman–Crippen LogP) is 1.24. The summed E-state index contributed by atoms with van der Waals surface area (Å²) in [5.74, 6) is 0. The zero-order chi connectivity index (χ0) is 8.81. The van der Waals surface area contributed by atoms with Crippen LogP contribution in [0.15, 0.2) is 30.3 Å². The van der Waals surface area contributed by atoms with Crippen molar-refractivity contribution in [1.29, 1.82) is 0 Å². The highest BCUT2D eigenvalue weighted by atomic mass is 16.6. The third-order valence-corrected chi connectivity index (χ3v) is 1.44. The Hall–Kier alpha value is -1.19. The van der Waals surface area contributed by atoms with Crippen LogP contribution in [0.1, 0.15) is 11.7 Å². The van der Waals surface area contributed by atoms with Crippen molar-refractivity contribution in [2.75, 3.05) is 6.79 Å². The fourth-order valence-electron chi connectivity index (χ4n) is 0.894. The van der Waals surface area contributed by atoms with E-state index in [1.54, 1.807) is 30.6 Å². The van der Waals surface area contributed by atoms with Crippen LogP contribution in [0.4, 0.5) is 0 Å². The van der Waals surface area contributed by atoms with Crippen molar-refractivity contribution >= 4 is 6.29 Å². The van der Waals surface area contributed by atoms with Crippen LogP contribution in [0, 0.1) is 0 Å². The molecule has 0 aliphatic rings. The summed E-state index contributed by atoms with van der Waals surface area (Å²) < 4.78 is 4.60. The Kier molecular flexibility index (Phi) is 3.44. The van der Waals surface area contributed by atoms with Gasteiger partial charge in [0.2, 0.25) is 6.29 Å². The van der Waals surface area contributed by atoms with E-state index >= 15 is 0 Å². The van der Waals surface area contributed by atoms with Gasteiger partial charge in [0, 0.05) is 0 Å². The van der Waals surface area contributed by atoms with Gasteiger partial charge >= 0.3 is 0 Å². The summed E-state index contributed by atoms with van der Waals surface area (Å²) in [5, 5.41) is 10.1. The molecule has 1 rings (SSSR count). The first-order valence-electron chi connectivity index (χ1n) is 3.51. The van der Waals surface area contributed by atoms with Crippen molar-refractivity contribution in [1.82, 2.24) is 0 Å². The summed E-state index contributed by atoms with van der Waals surface area (Å²) in [6.07, 6.45) is 0.803. The van der Waals surface area contributed by atoms with Crippen molar-refractivity contribution in [3.8, 4) is 0 Å². The van der Waals surface area contributed by atoms with E-state index in [0.29, 0.717) is 5.56 Å². The fraction of sp³-hybridized carbons (Fsp3) is 0.222. The Morgan fingerprint density at radius 2 is 2.00 bits per heavy atom. The minimum absolute atomic E-state index is 0.656. The third-order valence-electron chi connectivity index (χ3n) is 1.44. The van der Waals surface area contributed by atoms with Crippen LogP contribution < -0.4 is 0 Å². The molecule has 0 N–H and O–H groups in total. The van der Waals surface area contributed by atoms with Gasteiger partial charge in [-0.3, -0.25) is 4.79 Å². The van der Waals surface area contributed by atoms with Gasteiger partial charge in [0.1, 0.15) is 0 Å². The monoisotopic (exact) mass is 164 g/mol. The minimum Gasteiger partial charge on any atom is -0.336 e. The van der Waals surface area contributed by atoms with Crippen LogP contribution in [-0.4, -0.2) is 13.1 Å².